The Balaban J connectivity index is 2.94. The van der Waals surface area contributed by atoms with E-state index in [0.717, 1.165) is 18.7 Å². The number of benzene rings is 1. The summed E-state index contributed by atoms with van der Waals surface area (Å²) < 4.78 is 11.3. The van der Waals surface area contributed by atoms with Gasteiger partial charge in [0.05, 0.1) is 18.2 Å². The van der Waals surface area contributed by atoms with E-state index >= 15 is 0 Å². The molecule has 0 aliphatic heterocycles. The fourth-order valence-electron chi connectivity index (χ4n) is 2.28. The van der Waals surface area contributed by atoms with E-state index in [1.165, 1.54) is 5.56 Å². The number of nitrogens with one attached hydrogen (secondary N) is 1. The first kappa shape index (κ1) is 16.0. The number of rotatable bonds is 8. The summed E-state index contributed by atoms with van der Waals surface area (Å²) >= 11 is 0. The van der Waals surface area contributed by atoms with Crippen molar-refractivity contribution in [2.75, 3.05) is 13.7 Å². The van der Waals surface area contributed by atoms with Crippen molar-refractivity contribution < 1.29 is 9.47 Å². The minimum atomic E-state index is 0.175. The first-order chi connectivity index (χ1) is 9.12. The van der Waals surface area contributed by atoms with Crippen LogP contribution < -0.4 is 10.1 Å². The third kappa shape index (κ3) is 4.84. The van der Waals surface area contributed by atoms with Gasteiger partial charge in [-0.3, -0.25) is 0 Å². The number of likely N-dealkylation sites (N-methyl/N-ethyl adjacent to an activating group) is 1. The minimum Gasteiger partial charge on any atom is -0.491 e. The van der Waals surface area contributed by atoms with Crippen molar-refractivity contribution in [3.05, 3.63) is 29.8 Å². The maximum atomic E-state index is 5.76. The molecule has 1 N–H and O–H groups in total. The highest BCUT2D eigenvalue weighted by atomic mass is 16.5. The molecule has 19 heavy (non-hydrogen) atoms. The van der Waals surface area contributed by atoms with E-state index in [2.05, 4.69) is 31.3 Å². The van der Waals surface area contributed by atoms with Crippen molar-refractivity contribution in [1.29, 1.82) is 0 Å². The molecule has 0 aliphatic rings. The molecule has 3 heteroatoms. The van der Waals surface area contributed by atoms with Gasteiger partial charge in [0.15, 0.2) is 0 Å². The molecule has 2 unspecified atom stereocenters. The van der Waals surface area contributed by atoms with Crippen LogP contribution in [0.2, 0.25) is 0 Å². The second-order valence-corrected chi connectivity index (χ2v) is 4.96. The number of hydrogen-bond donors (Lipinski definition) is 1. The lowest BCUT2D eigenvalue weighted by molar-refractivity contribution is 0.0655. The average molecular weight is 265 g/mol. The Labute approximate surface area is 117 Å². The normalized spacial score (nSPS) is 14.4. The maximum absolute atomic E-state index is 5.76. The van der Waals surface area contributed by atoms with E-state index < -0.39 is 0 Å². The molecule has 1 aromatic rings. The second kappa shape index (κ2) is 8.18. The summed E-state index contributed by atoms with van der Waals surface area (Å²) in [6.45, 7) is 9.26. The quantitative estimate of drug-likeness (QED) is 0.779. The highest BCUT2D eigenvalue weighted by molar-refractivity contribution is 5.31. The molecule has 0 radical (unpaired) electrons. The predicted molar refractivity (Wildman–Crippen MR) is 79.7 cm³/mol. The van der Waals surface area contributed by atoms with Crippen molar-refractivity contribution in [2.24, 2.45) is 0 Å². The Kier molecular flexibility index (Phi) is 6.89. The predicted octanol–water partition coefficient (Wildman–Crippen LogP) is 3.55. The summed E-state index contributed by atoms with van der Waals surface area (Å²) in [5.74, 6) is 0.918. The summed E-state index contributed by atoms with van der Waals surface area (Å²) in [6, 6.07) is 8.48. The van der Waals surface area contributed by atoms with Gasteiger partial charge in [-0.1, -0.05) is 26.0 Å². The minimum absolute atomic E-state index is 0.175. The van der Waals surface area contributed by atoms with Gasteiger partial charge in [0.25, 0.3) is 0 Å². The molecular formula is C16H27NO2. The lowest BCUT2D eigenvalue weighted by Crippen LogP contribution is -2.32. The Morgan fingerprint density at radius 3 is 2.47 bits per heavy atom. The standard InChI is InChI=1S/C16H27NO2/c1-6-15(18-5)16(17-7-2)13-9-8-10-14(11-13)19-12(3)4/h8-12,15-17H,6-7H2,1-5H3. The largest absolute Gasteiger partial charge is 0.491 e. The first-order valence-corrected chi connectivity index (χ1v) is 7.15. The molecule has 0 bridgehead atoms. The smallest absolute Gasteiger partial charge is 0.120 e. The lowest BCUT2D eigenvalue weighted by atomic mass is 9.99. The van der Waals surface area contributed by atoms with Crippen molar-refractivity contribution >= 4 is 0 Å². The van der Waals surface area contributed by atoms with Crippen LogP contribution in [0.25, 0.3) is 0 Å². The van der Waals surface area contributed by atoms with Crippen LogP contribution in [-0.2, 0) is 4.74 Å². The molecule has 2 atom stereocenters. The molecule has 0 spiro atoms. The molecule has 0 saturated carbocycles. The van der Waals surface area contributed by atoms with E-state index in [1.807, 2.05) is 26.0 Å². The van der Waals surface area contributed by atoms with Gasteiger partial charge in [-0.15, -0.1) is 0 Å². The zero-order valence-electron chi connectivity index (χ0n) is 12.8. The van der Waals surface area contributed by atoms with E-state index in [1.54, 1.807) is 7.11 Å². The lowest BCUT2D eigenvalue weighted by Gasteiger charge is -2.26. The van der Waals surface area contributed by atoms with Gasteiger partial charge in [-0.05, 0) is 44.5 Å². The summed E-state index contributed by atoms with van der Waals surface area (Å²) in [5.41, 5.74) is 1.22. The number of methoxy groups -OCH3 is 1. The second-order valence-electron chi connectivity index (χ2n) is 4.96. The van der Waals surface area contributed by atoms with Crippen LogP contribution in [0.15, 0.2) is 24.3 Å². The molecule has 0 amide bonds. The molecule has 0 heterocycles. The van der Waals surface area contributed by atoms with E-state index in [9.17, 15) is 0 Å². The SMILES string of the molecule is CCNC(c1cccc(OC(C)C)c1)C(CC)OC. The van der Waals surface area contributed by atoms with Crippen molar-refractivity contribution in [1.82, 2.24) is 5.32 Å². The van der Waals surface area contributed by atoms with E-state index in [4.69, 9.17) is 9.47 Å². The fourth-order valence-corrected chi connectivity index (χ4v) is 2.28. The van der Waals surface area contributed by atoms with E-state index in [-0.39, 0.29) is 18.2 Å². The molecule has 0 saturated heterocycles. The van der Waals surface area contributed by atoms with Gasteiger partial charge in [0, 0.05) is 7.11 Å². The van der Waals surface area contributed by atoms with Gasteiger partial charge in [-0.2, -0.15) is 0 Å². The highest BCUT2D eigenvalue weighted by Gasteiger charge is 2.21. The molecular weight excluding hydrogens is 238 g/mol. The van der Waals surface area contributed by atoms with Crippen LogP contribution >= 0.6 is 0 Å². The van der Waals surface area contributed by atoms with Gasteiger partial charge in [0.1, 0.15) is 5.75 Å². The Bertz CT molecular complexity index is 362. The van der Waals surface area contributed by atoms with Gasteiger partial charge < -0.3 is 14.8 Å². The zero-order chi connectivity index (χ0) is 14.3. The van der Waals surface area contributed by atoms with Crippen LogP contribution in [0.3, 0.4) is 0 Å². The van der Waals surface area contributed by atoms with Crippen LogP contribution in [0.4, 0.5) is 0 Å². The van der Waals surface area contributed by atoms with Crippen molar-refractivity contribution in [3.63, 3.8) is 0 Å². The molecule has 1 rings (SSSR count). The third-order valence-corrected chi connectivity index (χ3v) is 3.09. The van der Waals surface area contributed by atoms with Crippen LogP contribution in [0.1, 0.15) is 45.7 Å². The number of ether oxygens (including phenoxy) is 2. The van der Waals surface area contributed by atoms with Crippen LogP contribution in [0, 0.1) is 0 Å². The molecule has 0 aromatic heterocycles. The van der Waals surface area contributed by atoms with Crippen molar-refractivity contribution in [3.8, 4) is 5.75 Å². The monoisotopic (exact) mass is 265 g/mol. The Morgan fingerprint density at radius 1 is 1.21 bits per heavy atom. The summed E-state index contributed by atoms with van der Waals surface area (Å²) in [7, 11) is 1.77. The fraction of sp³-hybridized carbons (Fsp3) is 0.625. The molecule has 0 aliphatic carbocycles. The van der Waals surface area contributed by atoms with Crippen LogP contribution in [-0.4, -0.2) is 25.9 Å². The molecule has 108 valence electrons. The maximum Gasteiger partial charge on any atom is 0.120 e. The molecule has 3 nitrogen and oxygen atoms in total. The van der Waals surface area contributed by atoms with Gasteiger partial charge >= 0.3 is 0 Å². The van der Waals surface area contributed by atoms with Gasteiger partial charge in [-0.25, -0.2) is 0 Å². The van der Waals surface area contributed by atoms with Crippen LogP contribution in [0.5, 0.6) is 5.75 Å². The first-order valence-electron chi connectivity index (χ1n) is 7.15. The van der Waals surface area contributed by atoms with E-state index in [0.29, 0.717) is 0 Å². The summed E-state index contributed by atoms with van der Waals surface area (Å²) in [5, 5.41) is 3.50. The molecule has 1 aromatic carbocycles. The highest BCUT2D eigenvalue weighted by Crippen LogP contribution is 2.25. The molecule has 0 fully saturated rings. The topological polar surface area (TPSA) is 30.5 Å². The average Bonchev–Trinajstić information content (AvgIpc) is 2.38. The Morgan fingerprint density at radius 2 is 1.95 bits per heavy atom. The van der Waals surface area contributed by atoms with Gasteiger partial charge in [0.2, 0.25) is 0 Å². The zero-order valence-corrected chi connectivity index (χ0v) is 12.8. The number of hydrogen-bond acceptors (Lipinski definition) is 3. The summed E-state index contributed by atoms with van der Waals surface area (Å²) in [6.07, 6.45) is 1.34. The third-order valence-electron chi connectivity index (χ3n) is 3.09. The Hall–Kier alpha value is -1.06. The summed E-state index contributed by atoms with van der Waals surface area (Å²) in [4.78, 5) is 0. The van der Waals surface area contributed by atoms with Crippen molar-refractivity contribution in [2.45, 2.75) is 52.4 Å².